The minimum atomic E-state index is -0.0647. The lowest BCUT2D eigenvalue weighted by Crippen LogP contribution is -2.22. The van der Waals surface area contributed by atoms with Crippen molar-refractivity contribution in [3.63, 3.8) is 0 Å². The fraction of sp³-hybridized carbons (Fsp3) is 0.308. The standard InChI is InChI=1S/C13H14N4O2/c1-3-4-17-7-9(6-14-17)10-5-11(18)15-13-12(10)8(2)16-19-13/h3,6-7,10H,1,4-5H2,2H3,(H,15,18). The Bertz CT molecular complexity index is 641. The molecule has 0 fully saturated rings. The van der Waals surface area contributed by atoms with Gasteiger partial charge in [-0.1, -0.05) is 11.2 Å². The molecule has 6 heteroatoms. The van der Waals surface area contributed by atoms with Gasteiger partial charge in [0.15, 0.2) is 0 Å². The zero-order valence-corrected chi connectivity index (χ0v) is 10.6. The first-order valence-electron chi connectivity index (χ1n) is 6.08. The van der Waals surface area contributed by atoms with E-state index in [2.05, 4.69) is 22.2 Å². The molecule has 98 valence electrons. The van der Waals surface area contributed by atoms with Crippen molar-refractivity contribution in [2.24, 2.45) is 0 Å². The van der Waals surface area contributed by atoms with Crippen LogP contribution in [0.1, 0.15) is 29.2 Å². The quantitative estimate of drug-likeness (QED) is 0.852. The first-order valence-corrected chi connectivity index (χ1v) is 6.08. The lowest BCUT2D eigenvalue weighted by Gasteiger charge is -2.20. The SMILES string of the molecule is C=CCn1cc(C2CC(=O)Nc3onc(C)c32)cn1. The third-order valence-electron chi connectivity index (χ3n) is 3.27. The van der Waals surface area contributed by atoms with Crippen molar-refractivity contribution in [2.75, 3.05) is 5.32 Å². The number of nitrogens with one attached hydrogen (secondary N) is 1. The number of anilines is 1. The molecule has 0 spiro atoms. The van der Waals surface area contributed by atoms with Crippen molar-refractivity contribution in [1.82, 2.24) is 14.9 Å². The monoisotopic (exact) mass is 258 g/mol. The molecule has 1 unspecified atom stereocenters. The number of carbonyl (C=O) groups excluding carboxylic acids is 1. The van der Waals surface area contributed by atoms with Crippen LogP contribution >= 0.6 is 0 Å². The van der Waals surface area contributed by atoms with Crippen molar-refractivity contribution in [2.45, 2.75) is 25.8 Å². The van der Waals surface area contributed by atoms with Gasteiger partial charge < -0.3 is 4.52 Å². The highest BCUT2D eigenvalue weighted by molar-refractivity contribution is 5.93. The van der Waals surface area contributed by atoms with E-state index in [0.29, 0.717) is 18.8 Å². The fourth-order valence-corrected chi connectivity index (χ4v) is 2.42. The second-order valence-corrected chi connectivity index (χ2v) is 4.60. The molecule has 1 N–H and O–H groups in total. The van der Waals surface area contributed by atoms with E-state index < -0.39 is 0 Å². The first kappa shape index (κ1) is 11.7. The zero-order chi connectivity index (χ0) is 13.4. The Morgan fingerprint density at radius 2 is 2.53 bits per heavy atom. The maximum atomic E-state index is 11.7. The van der Waals surface area contributed by atoms with Crippen LogP contribution in [0.25, 0.3) is 0 Å². The highest BCUT2D eigenvalue weighted by Gasteiger charge is 2.32. The van der Waals surface area contributed by atoms with E-state index in [1.54, 1.807) is 17.0 Å². The van der Waals surface area contributed by atoms with E-state index in [9.17, 15) is 4.79 Å². The van der Waals surface area contributed by atoms with E-state index in [0.717, 1.165) is 16.8 Å². The third-order valence-corrected chi connectivity index (χ3v) is 3.27. The zero-order valence-electron chi connectivity index (χ0n) is 10.6. The van der Waals surface area contributed by atoms with Gasteiger partial charge >= 0.3 is 0 Å². The molecular weight excluding hydrogens is 244 g/mol. The van der Waals surface area contributed by atoms with Gasteiger partial charge in [0.1, 0.15) is 0 Å². The summed E-state index contributed by atoms with van der Waals surface area (Å²) in [5, 5.41) is 10.9. The Balaban J connectivity index is 2.01. The Labute approximate surface area is 110 Å². The van der Waals surface area contributed by atoms with Gasteiger partial charge in [0.25, 0.3) is 0 Å². The van der Waals surface area contributed by atoms with Crippen LogP contribution in [0.2, 0.25) is 0 Å². The molecule has 1 atom stereocenters. The van der Waals surface area contributed by atoms with Crippen molar-refractivity contribution in [1.29, 1.82) is 0 Å². The number of amides is 1. The number of aryl methyl sites for hydroxylation is 1. The minimum Gasteiger partial charge on any atom is -0.338 e. The van der Waals surface area contributed by atoms with E-state index in [1.165, 1.54) is 0 Å². The molecule has 6 nitrogen and oxygen atoms in total. The molecule has 0 aromatic carbocycles. The summed E-state index contributed by atoms with van der Waals surface area (Å²) in [6, 6.07) is 0. The van der Waals surface area contributed by atoms with E-state index >= 15 is 0 Å². The summed E-state index contributed by atoms with van der Waals surface area (Å²) in [6.07, 6.45) is 5.87. The summed E-state index contributed by atoms with van der Waals surface area (Å²) in [4.78, 5) is 11.7. The lowest BCUT2D eigenvalue weighted by molar-refractivity contribution is -0.116. The molecule has 1 aliphatic heterocycles. The number of hydrogen-bond acceptors (Lipinski definition) is 4. The van der Waals surface area contributed by atoms with Gasteiger partial charge in [-0.05, 0) is 12.5 Å². The normalized spacial score (nSPS) is 17.9. The van der Waals surface area contributed by atoms with Gasteiger partial charge in [-0.3, -0.25) is 14.8 Å². The van der Waals surface area contributed by atoms with Crippen LogP contribution in [0.4, 0.5) is 5.88 Å². The van der Waals surface area contributed by atoms with Crippen molar-refractivity contribution in [3.05, 3.63) is 41.9 Å². The van der Waals surface area contributed by atoms with E-state index in [-0.39, 0.29) is 11.8 Å². The third kappa shape index (κ3) is 1.95. The van der Waals surface area contributed by atoms with Crippen molar-refractivity contribution >= 4 is 11.8 Å². The van der Waals surface area contributed by atoms with Crippen LogP contribution in [-0.4, -0.2) is 20.8 Å². The molecule has 1 amide bonds. The predicted octanol–water partition coefficient (Wildman–Crippen LogP) is 1.84. The Hall–Kier alpha value is -2.37. The number of fused-ring (bicyclic) bond motifs is 1. The molecule has 0 radical (unpaired) electrons. The second-order valence-electron chi connectivity index (χ2n) is 4.60. The molecule has 0 aliphatic carbocycles. The van der Waals surface area contributed by atoms with Crippen LogP contribution in [-0.2, 0) is 11.3 Å². The first-order chi connectivity index (χ1) is 9.19. The van der Waals surface area contributed by atoms with Crippen molar-refractivity contribution in [3.8, 4) is 0 Å². The van der Waals surface area contributed by atoms with E-state index in [1.807, 2.05) is 13.1 Å². The number of carbonyl (C=O) groups is 1. The van der Waals surface area contributed by atoms with E-state index in [4.69, 9.17) is 4.52 Å². The summed E-state index contributed by atoms with van der Waals surface area (Å²) >= 11 is 0. The molecule has 19 heavy (non-hydrogen) atoms. The molecule has 1 aliphatic rings. The molecule has 3 rings (SSSR count). The predicted molar refractivity (Wildman–Crippen MR) is 68.8 cm³/mol. The van der Waals surface area contributed by atoms with Gasteiger partial charge in [-0.25, -0.2) is 0 Å². The van der Waals surface area contributed by atoms with Crippen LogP contribution in [0.15, 0.2) is 29.6 Å². The summed E-state index contributed by atoms with van der Waals surface area (Å²) in [6.45, 7) is 6.20. The number of allylic oxidation sites excluding steroid dienone is 1. The Morgan fingerprint density at radius 1 is 1.68 bits per heavy atom. The molecular formula is C13H14N4O2. The van der Waals surface area contributed by atoms with Crippen LogP contribution in [0, 0.1) is 6.92 Å². The highest BCUT2D eigenvalue weighted by Crippen LogP contribution is 2.38. The maximum Gasteiger partial charge on any atom is 0.235 e. The smallest absolute Gasteiger partial charge is 0.235 e. The van der Waals surface area contributed by atoms with Crippen LogP contribution < -0.4 is 5.32 Å². The summed E-state index contributed by atoms with van der Waals surface area (Å²) in [5.74, 6) is 0.342. The molecule has 2 aromatic heterocycles. The average molecular weight is 258 g/mol. The number of hydrogen-bond donors (Lipinski definition) is 1. The van der Waals surface area contributed by atoms with Crippen LogP contribution in [0.3, 0.4) is 0 Å². The topological polar surface area (TPSA) is 73.0 Å². The number of aromatic nitrogens is 3. The van der Waals surface area contributed by atoms with Gasteiger partial charge in [-0.2, -0.15) is 5.10 Å². The van der Waals surface area contributed by atoms with Gasteiger partial charge in [0.2, 0.25) is 11.8 Å². The minimum absolute atomic E-state index is 0.0476. The van der Waals surface area contributed by atoms with Gasteiger partial charge in [-0.15, -0.1) is 6.58 Å². The number of rotatable bonds is 3. The maximum absolute atomic E-state index is 11.7. The molecule has 2 aromatic rings. The summed E-state index contributed by atoms with van der Waals surface area (Å²) in [7, 11) is 0. The van der Waals surface area contributed by atoms with Gasteiger partial charge in [0.05, 0.1) is 18.4 Å². The summed E-state index contributed by atoms with van der Waals surface area (Å²) in [5.41, 5.74) is 2.73. The Morgan fingerprint density at radius 3 is 3.32 bits per heavy atom. The van der Waals surface area contributed by atoms with Gasteiger partial charge in [0, 0.05) is 24.1 Å². The Kier molecular flexibility index (Phi) is 2.70. The number of nitrogens with zero attached hydrogens (tertiary/aromatic N) is 3. The van der Waals surface area contributed by atoms with Crippen LogP contribution in [0.5, 0.6) is 0 Å². The van der Waals surface area contributed by atoms with Crippen molar-refractivity contribution < 1.29 is 9.32 Å². The average Bonchev–Trinajstić information content (AvgIpc) is 2.97. The molecule has 3 heterocycles. The molecule has 0 saturated carbocycles. The molecule has 0 saturated heterocycles. The largest absolute Gasteiger partial charge is 0.338 e. The fourth-order valence-electron chi connectivity index (χ4n) is 2.42. The summed E-state index contributed by atoms with van der Waals surface area (Å²) < 4.78 is 6.93. The highest BCUT2D eigenvalue weighted by atomic mass is 16.5. The lowest BCUT2D eigenvalue weighted by atomic mass is 9.88. The molecule has 0 bridgehead atoms. The second kappa shape index (κ2) is 4.38.